The van der Waals surface area contributed by atoms with Gasteiger partial charge < -0.3 is 9.32 Å². The van der Waals surface area contributed by atoms with E-state index in [1.165, 1.54) is 12.1 Å². The van der Waals surface area contributed by atoms with Gasteiger partial charge in [0.15, 0.2) is 11.5 Å². The molecule has 0 spiro atoms. The molecule has 5 heteroatoms. The Morgan fingerprint density at radius 1 is 1.21 bits per heavy atom. The second-order valence-electron chi connectivity index (χ2n) is 6.12. The van der Waals surface area contributed by atoms with Crippen molar-refractivity contribution in [3.05, 3.63) is 65.8 Å². The number of para-hydroxylation sites is 2. The Morgan fingerprint density at radius 2 is 2.08 bits per heavy atom. The Balaban J connectivity index is 1.56. The number of likely N-dealkylation sites (tertiary alicyclic amines) is 1. The fourth-order valence-electron chi connectivity index (χ4n) is 3.23. The van der Waals surface area contributed by atoms with E-state index in [9.17, 15) is 9.18 Å². The molecule has 4 rings (SSSR count). The maximum absolute atomic E-state index is 13.4. The molecule has 1 unspecified atom stereocenters. The molecule has 1 aliphatic rings. The number of amides is 1. The summed E-state index contributed by atoms with van der Waals surface area (Å²) in [5.74, 6) is 0.209. The maximum Gasteiger partial charge on any atom is 0.253 e. The van der Waals surface area contributed by atoms with Crippen LogP contribution in [0.3, 0.4) is 0 Å². The minimum atomic E-state index is -0.395. The first-order valence-corrected chi connectivity index (χ1v) is 8.11. The zero-order valence-electron chi connectivity index (χ0n) is 13.1. The number of halogens is 1. The van der Waals surface area contributed by atoms with Gasteiger partial charge in [-0.05, 0) is 43.2 Å². The molecule has 1 saturated heterocycles. The monoisotopic (exact) mass is 324 g/mol. The number of carbonyl (C=O) groups is 1. The van der Waals surface area contributed by atoms with Gasteiger partial charge in [-0.25, -0.2) is 9.37 Å². The molecule has 0 radical (unpaired) electrons. The molecule has 1 atom stereocenters. The number of aromatic nitrogens is 1. The van der Waals surface area contributed by atoms with Crippen LogP contribution in [0.25, 0.3) is 11.1 Å². The van der Waals surface area contributed by atoms with E-state index in [1.807, 2.05) is 24.3 Å². The number of rotatable bonds is 2. The van der Waals surface area contributed by atoms with Crippen molar-refractivity contribution >= 4 is 17.0 Å². The third-order valence-corrected chi connectivity index (χ3v) is 4.44. The summed E-state index contributed by atoms with van der Waals surface area (Å²) in [6.45, 7) is 1.22. The van der Waals surface area contributed by atoms with Crippen LogP contribution in [0.1, 0.15) is 35.0 Å². The predicted octanol–water partition coefficient (Wildman–Crippen LogP) is 3.99. The van der Waals surface area contributed by atoms with Crippen molar-refractivity contribution in [2.24, 2.45) is 0 Å². The fraction of sp³-hybridized carbons (Fsp3) is 0.263. The molecule has 1 aliphatic heterocycles. The summed E-state index contributed by atoms with van der Waals surface area (Å²) < 4.78 is 19.2. The quantitative estimate of drug-likeness (QED) is 0.716. The van der Waals surface area contributed by atoms with Crippen LogP contribution in [-0.2, 0) is 0 Å². The summed E-state index contributed by atoms with van der Waals surface area (Å²) in [7, 11) is 0. The number of oxazole rings is 1. The fourth-order valence-corrected chi connectivity index (χ4v) is 3.23. The van der Waals surface area contributed by atoms with Crippen molar-refractivity contribution in [1.29, 1.82) is 0 Å². The van der Waals surface area contributed by atoms with Gasteiger partial charge in [0.1, 0.15) is 11.3 Å². The van der Waals surface area contributed by atoms with E-state index in [-0.39, 0.29) is 11.8 Å². The first-order valence-electron chi connectivity index (χ1n) is 8.11. The number of fused-ring (bicyclic) bond motifs is 1. The van der Waals surface area contributed by atoms with Gasteiger partial charge in [-0.2, -0.15) is 0 Å². The van der Waals surface area contributed by atoms with Crippen LogP contribution in [-0.4, -0.2) is 28.9 Å². The standard InChI is InChI=1S/C19H17FN2O2/c20-15-7-3-5-13(11-15)19(23)22-10-4-6-14(12-22)18-21-16-8-1-2-9-17(16)24-18/h1-3,5,7-9,11,14H,4,6,10,12H2. The summed E-state index contributed by atoms with van der Waals surface area (Å²) in [6.07, 6.45) is 1.81. The third-order valence-electron chi connectivity index (χ3n) is 4.44. The number of piperidine rings is 1. The molecular weight excluding hydrogens is 307 g/mol. The average Bonchev–Trinajstić information content (AvgIpc) is 3.05. The number of hydrogen-bond donors (Lipinski definition) is 0. The minimum absolute atomic E-state index is 0.0728. The molecule has 1 fully saturated rings. The average molecular weight is 324 g/mol. The van der Waals surface area contributed by atoms with Gasteiger partial charge in [-0.15, -0.1) is 0 Å². The molecule has 4 nitrogen and oxygen atoms in total. The Kier molecular flexibility index (Phi) is 3.76. The second kappa shape index (κ2) is 6.07. The summed E-state index contributed by atoms with van der Waals surface area (Å²) in [6, 6.07) is 13.5. The topological polar surface area (TPSA) is 46.3 Å². The molecule has 0 aliphatic carbocycles. The van der Waals surface area contributed by atoms with Gasteiger partial charge in [0.2, 0.25) is 0 Å². The Labute approximate surface area is 138 Å². The van der Waals surface area contributed by atoms with Crippen LogP contribution in [0.4, 0.5) is 4.39 Å². The van der Waals surface area contributed by atoms with E-state index in [0.717, 1.165) is 23.9 Å². The van der Waals surface area contributed by atoms with Crippen molar-refractivity contribution in [3.63, 3.8) is 0 Å². The van der Waals surface area contributed by atoms with Crippen LogP contribution >= 0.6 is 0 Å². The SMILES string of the molecule is O=C(c1cccc(F)c1)N1CCCC(c2nc3ccccc3o2)C1. The highest BCUT2D eigenvalue weighted by Crippen LogP contribution is 2.29. The molecule has 2 aromatic carbocycles. The highest BCUT2D eigenvalue weighted by atomic mass is 19.1. The van der Waals surface area contributed by atoms with Crippen molar-refractivity contribution < 1.29 is 13.6 Å². The summed E-state index contributed by atoms with van der Waals surface area (Å²) >= 11 is 0. The van der Waals surface area contributed by atoms with Crippen LogP contribution < -0.4 is 0 Å². The van der Waals surface area contributed by atoms with Gasteiger partial charge >= 0.3 is 0 Å². The molecular formula is C19H17FN2O2. The molecule has 3 aromatic rings. The zero-order chi connectivity index (χ0) is 16.5. The van der Waals surface area contributed by atoms with E-state index in [1.54, 1.807) is 17.0 Å². The van der Waals surface area contributed by atoms with Crippen LogP contribution in [0.2, 0.25) is 0 Å². The first-order chi connectivity index (χ1) is 11.7. The largest absolute Gasteiger partial charge is 0.440 e. The lowest BCUT2D eigenvalue weighted by atomic mass is 9.97. The van der Waals surface area contributed by atoms with Gasteiger partial charge in [0, 0.05) is 18.7 Å². The van der Waals surface area contributed by atoms with E-state index >= 15 is 0 Å². The van der Waals surface area contributed by atoms with Crippen molar-refractivity contribution in [2.75, 3.05) is 13.1 Å². The molecule has 0 N–H and O–H groups in total. The van der Waals surface area contributed by atoms with Crippen LogP contribution in [0, 0.1) is 5.82 Å². The molecule has 1 aromatic heterocycles. The highest BCUT2D eigenvalue weighted by molar-refractivity contribution is 5.94. The minimum Gasteiger partial charge on any atom is -0.440 e. The predicted molar refractivity (Wildman–Crippen MR) is 88.3 cm³/mol. The van der Waals surface area contributed by atoms with Gasteiger partial charge in [-0.3, -0.25) is 4.79 Å². The smallest absolute Gasteiger partial charge is 0.253 e. The molecule has 0 saturated carbocycles. The number of nitrogens with zero attached hydrogens (tertiary/aromatic N) is 2. The lowest BCUT2D eigenvalue weighted by Crippen LogP contribution is -2.39. The van der Waals surface area contributed by atoms with Gasteiger partial charge in [0.25, 0.3) is 5.91 Å². The molecule has 24 heavy (non-hydrogen) atoms. The lowest BCUT2D eigenvalue weighted by molar-refractivity contribution is 0.0698. The molecule has 122 valence electrons. The van der Waals surface area contributed by atoms with E-state index in [2.05, 4.69) is 4.98 Å². The summed E-state index contributed by atoms with van der Waals surface area (Å²) in [5, 5.41) is 0. The Hall–Kier alpha value is -2.69. The maximum atomic E-state index is 13.4. The van der Waals surface area contributed by atoms with Crippen LogP contribution in [0.15, 0.2) is 52.9 Å². The van der Waals surface area contributed by atoms with Crippen molar-refractivity contribution in [1.82, 2.24) is 9.88 Å². The van der Waals surface area contributed by atoms with Crippen molar-refractivity contribution in [2.45, 2.75) is 18.8 Å². The van der Waals surface area contributed by atoms with Gasteiger partial charge in [-0.1, -0.05) is 18.2 Å². The zero-order valence-corrected chi connectivity index (χ0v) is 13.1. The first kappa shape index (κ1) is 14.9. The van der Waals surface area contributed by atoms with E-state index < -0.39 is 5.82 Å². The molecule has 2 heterocycles. The summed E-state index contributed by atoms with van der Waals surface area (Å²) in [4.78, 5) is 18.9. The summed E-state index contributed by atoms with van der Waals surface area (Å²) in [5.41, 5.74) is 1.98. The van der Waals surface area contributed by atoms with Crippen LogP contribution in [0.5, 0.6) is 0 Å². The van der Waals surface area contributed by atoms with Crippen molar-refractivity contribution in [3.8, 4) is 0 Å². The number of hydrogen-bond acceptors (Lipinski definition) is 3. The molecule has 1 amide bonds. The van der Waals surface area contributed by atoms with E-state index in [0.29, 0.717) is 24.5 Å². The third kappa shape index (κ3) is 2.77. The normalized spacial score (nSPS) is 18.0. The van der Waals surface area contributed by atoms with E-state index in [4.69, 9.17) is 4.42 Å². The Morgan fingerprint density at radius 3 is 2.92 bits per heavy atom. The highest BCUT2D eigenvalue weighted by Gasteiger charge is 2.28. The second-order valence-corrected chi connectivity index (χ2v) is 6.12. The Bertz CT molecular complexity index is 857. The number of benzene rings is 2. The molecule has 0 bridgehead atoms. The lowest BCUT2D eigenvalue weighted by Gasteiger charge is -2.31. The number of carbonyl (C=O) groups excluding carboxylic acids is 1. The van der Waals surface area contributed by atoms with Gasteiger partial charge in [0.05, 0.1) is 5.92 Å².